The molecule has 88 valence electrons. The fraction of sp³-hybridized carbons (Fsp3) is 0.167. The van der Waals surface area contributed by atoms with Crippen molar-refractivity contribution in [3.63, 3.8) is 0 Å². The van der Waals surface area contributed by atoms with Gasteiger partial charge in [-0.05, 0) is 18.2 Å². The predicted octanol–water partition coefficient (Wildman–Crippen LogP) is 2.37. The van der Waals surface area contributed by atoms with Crippen LogP contribution in [0.15, 0.2) is 41.4 Å². The van der Waals surface area contributed by atoms with Gasteiger partial charge in [0.05, 0.1) is 11.4 Å². The normalized spacial score (nSPS) is 10.5. The van der Waals surface area contributed by atoms with Gasteiger partial charge in [0, 0.05) is 17.6 Å². The molecule has 0 aliphatic heterocycles. The Balaban J connectivity index is 2.05. The lowest BCUT2D eigenvalue weighted by atomic mass is 10.3. The topological polar surface area (TPSA) is 51.8 Å². The average molecular weight is 249 g/mol. The summed E-state index contributed by atoms with van der Waals surface area (Å²) in [4.78, 5) is 8.98. The second-order valence-electron chi connectivity index (χ2n) is 3.39. The summed E-state index contributed by atoms with van der Waals surface area (Å²) in [5.41, 5.74) is 6.29. The lowest BCUT2D eigenvalue weighted by Crippen LogP contribution is -2.02. The summed E-state index contributed by atoms with van der Waals surface area (Å²) in [7, 11) is 0. The standard InChI is InChI=1S/C12H12FN3S/c13-10-3-1-2-4-11(10)17-8-12-15-6-5-9(7-14)16-12/h1-6H,7-8,14H2. The van der Waals surface area contributed by atoms with Gasteiger partial charge in [-0.3, -0.25) is 0 Å². The average Bonchev–Trinajstić information content (AvgIpc) is 2.38. The van der Waals surface area contributed by atoms with Crippen LogP contribution in [0.5, 0.6) is 0 Å². The fourth-order valence-corrected chi connectivity index (χ4v) is 2.13. The summed E-state index contributed by atoms with van der Waals surface area (Å²) in [6.07, 6.45) is 1.67. The van der Waals surface area contributed by atoms with Crippen LogP contribution < -0.4 is 5.73 Å². The third-order valence-corrected chi connectivity index (χ3v) is 3.21. The van der Waals surface area contributed by atoms with Gasteiger partial charge in [0.1, 0.15) is 11.6 Å². The molecule has 0 saturated heterocycles. The Morgan fingerprint density at radius 1 is 1.24 bits per heavy atom. The Labute approximate surface area is 103 Å². The van der Waals surface area contributed by atoms with Gasteiger partial charge < -0.3 is 5.73 Å². The third-order valence-electron chi connectivity index (χ3n) is 2.17. The van der Waals surface area contributed by atoms with Gasteiger partial charge in [0.25, 0.3) is 0 Å². The van der Waals surface area contributed by atoms with E-state index in [1.807, 2.05) is 6.07 Å². The van der Waals surface area contributed by atoms with Gasteiger partial charge in [-0.1, -0.05) is 12.1 Å². The Kier molecular flexibility index (Phi) is 4.06. The molecule has 1 aromatic carbocycles. The highest BCUT2D eigenvalue weighted by Crippen LogP contribution is 2.23. The number of aromatic nitrogens is 2. The maximum Gasteiger partial charge on any atom is 0.138 e. The number of hydrogen-bond donors (Lipinski definition) is 1. The number of rotatable bonds is 4. The van der Waals surface area contributed by atoms with Crippen LogP contribution in [-0.4, -0.2) is 9.97 Å². The number of hydrogen-bond acceptors (Lipinski definition) is 4. The molecule has 3 nitrogen and oxygen atoms in total. The molecule has 0 unspecified atom stereocenters. The Morgan fingerprint density at radius 3 is 2.82 bits per heavy atom. The van der Waals surface area contributed by atoms with Crippen molar-refractivity contribution in [2.24, 2.45) is 5.73 Å². The van der Waals surface area contributed by atoms with Gasteiger partial charge in [-0.2, -0.15) is 0 Å². The van der Waals surface area contributed by atoms with Gasteiger partial charge in [0.15, 0.2) is 0 Å². The molecule has 0 fully saturated rings. The molecule has 2 rings (SSSR count). The van der Waals surface area contributed by atoms with Crippen LogP contribution in [0.25, 0.3) is 0 Å². The molecule has 1 aromatic heterocycles. The zero-order chi connectivity index (χ0) is 12.1. The molecule has 2 aromatic rings. The summed E-state index contributed by atoms with van der Waals surface area (Å²) in [6.45, 7) is 0.389. The summed E-state index contributed by atoms with van der Waals surface area (Å²) in [6, 6.07) is 8.44. The highest BCUT2D eigenvalue weighted by atomic mass is 32.2. The largest absolute Gasteiger partial charge is 0.325 e. The van der Waals surface area contributed by atoms with E-state index < -0.39 is 0 Å². The highest BCUT2D eigenvalue weighted by Gasteiger charge is 2.04. The van der Waals surface area contributed by atoms with E-state index >= 15 is 0 Å². The molecule has 5 heteroatoms. The van der Waals surface area contributed by atoms with E-state index in [0.717, 1.165) is 5.69 Å². The van der Waals surface area contributed by atoms with Gasteiger partial charge in [0.2, 0.25) is 0 Å². The van der Waals surface area contributed by atoms with Crippen molar-refractivity contribution in [3.8, 4) is 0 Å². The fourth-order valence-electron chi connectivity index (χ4n) is 1.33. The third kappa shape index (κ3) is 3.25. The van der Waals surface area contributed by atoms with Crippen molar-refractivity contribution < 1.29 is 4.39 Å². The van der Waals surface area contributed by atoms with Crippen LogP contribution in [0, 0.1) is 5.82 Å². The van der Waals surface area contributed by atoms with Gasteiger partial charge in [-0.15, -0.1) is 11.8 Å². The predicted molar refractivity (Wildman–Crippen MR) is 65.9 cm³/mol. The zero-order valence-electron chi connectivity index (χ0n) is 9.14. The molecule has 0 saturated carbocycles. The number of nitrogens with two attached hydrogens (primary N) is 1. The van der Waals surface area contributed by atoms with Crippen molar-refractivity contribution in [2.45, 2.75) is 17.2 Å². The minimum absolute atomic E-state index is 0.215. The zero-order valence-corrected chi connectivity index (χ0v) is 9.95. The highest BCUT2D eigenvalue weighted by molar-refractivity contribution is 7.98. The van der Waals surface area contributed by atoms with Crippen LogP contribution >= 0.6 is 11.8 Å². The van der Waals surface area contributed by atoms with Crippen molar-refractivity contribution >= 4 is 11.8 Å². The summed E-state index contributed by atoms with van der Waals surface area (Å²) >= 11 is 1.38. The lowest BCUT2D eigenvalue weighted by Gasteiger charge is -2.03. The van der Waals surface area contributed by atoms with E-state index in [4.69, 9.17) is 5.73 Å². The van der Waals surface area contributed by atoms with Crippen molar-refractivity contribution in [1.29, 1.82) is 0 Å². The van der Waals surface area contributed by atoms with Crippen LogP contribution in [0.2, 0.25) is 0 Å². The van der Waals surface area contributed by atoms with Crippen molar-refractivity contribution in [2.75, 3.05) is 0 Å². The van der Waals surface area contributed by atoms with Crippen LogP contribution in [0.1, 0.15) is 11.5 Å². The van der Waals surface area contributed by atoms with Gasteiger partial charge in [-0.25, -0.2) is 14.4 Å². The van der Waals surface area contributed by atoms with E-state index in [0.29, 0.717) is 23.0 Å². The molecule has 2 N–H and O–H groups in total. The number of benzene rings is 1. The second kappa shape index (κ2) is 5.75. The molecular formula is C12H12FN3S. The first-order valence-electron chi connectivity index (χ1n) is 5.18. The Hall–Kier alpha value is -1.46. The monoisotopic (exact) mass is 249 g/mol. The lowest BCUT2D eigenvalue weighted by molar-refractivity contribution is 0.602. The molecule has 0 aliphatic rings. The quantitative estimate of drug-likeness (QED) is 0.845. The molecule has 1 heterocycles. The van der Waals surface area contributed by atoms with Crippen LogP contribution in [-0.2, 0) is 12.3 Å². The molecule has 0 bridgehead atoms. The number of thioether (sulfide) groups is 1. The number of nitrogens with zero attached hydrogens (tertiary/aromatic N) is 2. The van der Waals surface area contributed by atoms with Gasteiger partial charge >= 0.3 is 0 Å². The molecular weight excluding hydrogens is 237 g/mol. The first-order valence-corrected chi connectivity index (χ1v) is 6.16. The molecule has 17 heavy (non-hydrogen) atoms. The van der Waals surface area contributed by atoms with Crippen molar-refractivity contribution in [1.82, 2.24) is 9.97 Å². The maximum absolute atomic E-state index is 13.4. The van der Waals surface area contributed by atoms with Crippen molar-refractivity contribution in [3.05, 3.63) is 53.9 Å². The second-order valence-corrected chi connectivity index (χ2v) is 4.40. The summed E-state index contributed by atoms with van der Waals surface area (Å²) < 4.78 is 13.4. The molecule has 0 radical (unpaired) electrons. The molecule has 0 amide bonds. The van der Waals surface area contributed by atoms with E-state index in [9.17, 15) is 4.39 Å². The van der Waals surface area contributed by atoms with E-state index in [1.54, 1.807) is 24.4 Å². The minimum atomic E-state index is -0.215. The first-order chi connectivity index (χ1) is 8.29. The van der Waals surface area contributed by atoms with E-state index in [-0.39, 0.29) is 5.82 Å². The Morgan fingerprint density at radius 2 is 2.06 bits per heavy atom. The maximum atomic E-state index is 13.4. The van der Waals surface area contributed by atoms with E-state index in [1.165, 1.54) is 17.8 Å². The minimum Gasteiger partial charge on any atom is -0.325 e. The molecule has 0 atom stereocenters. The molecule has 0 aliphatic carbocycles. The SMILES string of the molecule is NCc1ccnc(CSc2ccccc2F)n1. The first kappa shape index (κ1) is 12.0. The van der Waals surface area contributed by atoms with Crippen LogP contribution in [0.3, 0.4) is 0 Å². The summed E-state index contributed by atoms with van der Waals surface area (Å²) in [5.74, 6) is 0.989. The number of halogens is 1. The summed E-state index contributed by atoms with van der Waals surface area (Å²) in [5, 5.41) is 0. The van der Waals surface area contributed by atoms with Crippen LogP contribution in [0.4, 0.5) is 4.39 Å². The smallest absolute Gasteiger partial charge is 0.138 e. The van der Waals surface area contributed by atoms with E-state index in [2.05, 4.69) is 9.97 Å². The molecule has 0 spiro atoms. The Bertz CT molecular complexity index is 505.